The average Bonchev–Trinajstić information content (AvgIpc) is 3.63. The van der Waals surface area contributed by atoms with Gasteiger partial charge in [0, 0.05) is 43.3 Å². The zero-order valence-electron chi connectivity index (χ0n) is 20.4. The normalized spacial score (nSPS) is 22.4. The maximum Gasteiger partial charge on any atom is 0.413 e. The maximum absolute atomic E-state index is 13.4. The Morgan fingerprint density at radius 2 is 1.94 bits per heavy atom. The molecule has 3 amide bonds. The number of benzene rings is 1. The molecule has 0 unspecified atom stereocenters. The molecule has 2 aromatic rings. The predicted octanol–water partition coefficient (Wildman–Crippen LogP) is 4.41. The molecule has 3 aliphatic heterocycles. The molecule has 192 valence electrons. The van der Waals surface area contributed by atoms with Crippen molar-refractivity contribution < 1.29 is 19.1 Å². The minimum absolute atomic E-state index is 0.0668. The summed E-state index contributed by atoms with van der Waals surface area (Å²) >= 11 is 4.66. The summed E-state index contributed by atoms with van der Waals surface area (Å²) in [6.07, 6.45) is 4.23. The number of nitrogens with zero attached hydrogens (tertiary/aromatic N) is 3. The number of hydrogen-bond acceptors (Lipinski definition) is 6. The molecule has 2 atom stereocenters. The van der Waals surface area contributed by atoms with Crippen molar-refractivity contribution in [3.63, 3.8) is 0 Å². The van der Waals surface area contributed by atoms with Crippen LogP contribution < -0.4 is 15.0 Å². The van der Waals surface area contributed by atoms with Crippen molar-refractivity contribution in [1.29, 1.82) is 0 Å². The molecule has 1 aromatic heterocycles. The Labute approximate surface area is 223 Å². The molecule has 3 aliphatic rings. The van der Waals surface area contributed by atoms with E-state index in [1.807, 2.05) is 36.1 Å². The smallest absolute Gasteiger partial charge is 0.399 e. The number of carbonyl (C=O) groups is 3. The number of amides is 3. The molecule has 0 aliphatic carbocycles. The molecule has 1 aromatic carbocycles. The Balaban J connectivity index is 1.21. The van der Waals surface area contributed by atoms with Crippen LogP contribution in [-0.2, 0) is 4.79 Å². The van der Waals surface area contributed by atoms with Gasteiger partial charge in [-0.3, -0.25) is 9.59 Å². The van der Waals surface area contributed by atoms with Crippen LogP contribution in [0.25, 0.3) is 0 Å². The van der Waals surface area contributed by atoms with Crippen molar-refractivity contribution in [2.45, 2.75) is 51.1 Å². The van der Waals surface area contributed by atoms with Gasteiger partial charge in [0.1, 0.15) is 0 Å². The second kappa shape index (κ2) is 10.9. The molecule has 3 saturated heterocycles. The van der Waals surface area contributed by atoms with Gasteiger partial charge in [-0.15, -0.1) is 0 Å². The lowest BCUT2D eigenvalue weighted by atomic mass is 10.1. The van der Waals surface area contributed by atoms with Crippen molar-refractivity contribution in [3.05, 3.63) is 45.2 Å². The highest BCUT2D eigenvalue weighted by atomic mass is 79.9. The van der Waals surface area contributed by atoms with Crippen LogP contribution in [0.3, 0.4) is 0 Å². The molecule has 5 rings (SSSR count). The van der Waals surface area contributed by atoms with Crippen molar-refractivity contribution in [3.8, 4) is 5.06 Å². The van der Waals surface area contributed by atoms with Gasteiger partial charge >= 0.3 is 6.09 Å². The number of hydrogen-bond donors (Lipinski definition) is 1. The predicted molar refractivity (Wildman–Crippen MR) is 143 cm³/mol. The Morgan fingerprint density at radius 1 is 1.14 bits per heavy atom. The van der Waals surface area contributed by atoms with E-state index in [1.165, 1.54) is 24.2 Å². The van der Waals surface area contributed by atoms with Crippen LogP contribution in [-0.4, -0.2) is 72.5 Å². The highest BCUT2D eigenvalue weighted by Gasteiger charge is 2.34. The molecule has 36 heavy (non-hydrogen) atoms. The highest BCUT2D eigenvalue weighted by Crippen LogP contribution is 2.30. The van der Waals surface area contributed by atoms with Gasteiger partial charge in [-0.05, 0) is 97.5 Å². The Hall–Kier alpha value is -2.43. The van der Waals surface area contributed by atoms with E-state index in [2.05, 4.69) is 26.1 Å². The number of rotatable bonds is 6. The fourth-order valence-corrected chi connectivity index (χ4v) is 6.65. The minimum Gasteiger partial charge on any atom is -0.399 e. The number of anilines is 1. The minimum atomic E-state index is -0.574. The van der Waals surface area contributed by atoms with E-state index in [1.54, 1.807) is 11.0 Å². The molecule has 0 spiro atoms. The van der Waals surface area contributed by atoms with E-state index in [0.717, 1.165) is 54.1 Å². The standard InChI is InChI=1S/C26H31BrN4O4S/c1-17-13-19(31-15-18(14-23(31)32)28-26(34)35-24-9-8-22(27)36-24)6-7-21(17)25(33)30-12-4-5-20(30)16-29-10-2-3-11-29/h6-9,13,18,20H,2-5,10-12,14-16H2,1H3,(H,28,34)/t18-,20+/m1/s1. The fourth-order valence-electron chi connectivity index (χ4n) is 5.46. The van der Waals surface area contributed by atoms with Gasteiger partial charge in [-0.1, -0.05) is 11.3 Å². The third-order valence-electron chi connectivity index (χ3n) is 7.25. The molecule has 0 saturated carbocycles. The SMILES string of the molecule is Cc1cc(N2C[C@H](NC(=O)Oc3ccc(Br)s3)CC2=O)ccc1C(=O)N1CCC[C@H]1CN1CCCC1. The van der Waals surface area contributed by atoms with Crippen molar-refractivity contribution in [2.75, 3.05) is 37.6 Å². The second-order valence-electron chi connectivity index (χ2n) is 9.80. The zero-order chi connectivity index (χ0) is 25.2. The Kier molecular flexibility index (Phi) is 7.64. The lowest BCUT2D eigenvalue weighted by Gasteiger charge is -2.29. The number of nitrogens with one attached hydrogen (secondary N) is 1. The molecule has 4 heterocycles. The lowest BCUT2D eigenvalue weighted by Crippen LogP contribution is -2.42. The van der Waals surface area contributed by atoms with Gasteiger partial charge in [-0.25, -0.2) is 4.79 Å². The first-order valence-corrected chi connectivity index (χ1v) is 14.2. The van der Waals surface area contributed by atoms with Gasteiger partial charge in [0.2, 0.25) is 5.91 Å². The second-order valence-corrected chi connectivity index (χ2v) is 12.2. The summed E-state index contributed by atoms with van der Waals surface area (Å²) in [5.41, 5.74) is 2.29. The summed E-state index contributed by atoms with van der Waals surface area (Å²) in [6.45, 7) is 6.32. The third-order valence-corrected chi connectivity index (χ3v) is 8.75. The van der Waals surface area contributed by atoms with Gasteiger partial charge in [0.15, 0.2) is 5.06 Å². The Bertz CT molecular complexity index is 1150. The largest absolute Gasteiger partial charge is 0.413 e. The molecular weight excluding hydrogens is 544 g/mol. The fraction of sp³-hybridized carbons (Fsp3) is 0.500. The summed E-state index contributed by atoms with van der Waals surface area (Å²) in [5, 5.41) is 3.27. The molecule has 1 N–H and O–H groups in total. The maximum atomic E-state index is 13.4. The molecule has 0 bridgehead atoms. The third kappa shape index (κ3) is 5.60. The summed E-state index contributed by atoms with van der Waals surface area (Å²) < 4.78 is 6.17. The van der Waals surface area contributed by atoms with Gasteiger partial charge < -0.3 is 24.8 Å². The number of thiophene rings is 1. The summed E-state index contributed by atoms with van der Waals surface area (Å²) in [4.78, 5) is 44.6. The van der Waals surface area contributed by atoms with Crippen LogP contribution in [0.5, 0.6) is 5.06 Å². The summed E-state index contributed by atoms with van der Waals surface area (Å²) in [7, 11) is 0. The van der Waals surface area contributed by atoms with Gasteiger partial charge in [0.05, 0.1) is 9.83 Å². The Morgan fingerprint density at radius 3 is 2.67 bits per heavy atom. The highest BCUT2D eigenvalue weighted by molar-refractivity contribution is 9.11. The summed E-state index contributed by atoms with van der Waals surface area (Å²) in [5.74, 6) is 0.0128. The van der Waals surface area contributed by atoms with Crippen molar-refractivity contribution >= 4 is 50.9 Å². The molecule has 3 fully saturated rings. The van der Waals surface area contributed by atoms with Crippen LogP contribution in [0.15, 0.2) is 34.1 Å². The number of aryl methyl sites for hydroxylation is 1. The molecule has 8 nitrogen and oxygen atoms in total. The first-order chi connectivity index (χ1) is 17.4. The quantitative estimate of drug-likeness (QED) is 0.552. The van der Waals surface area contributed by atoms with Gasteiger partial charge in [-0.2, -0.15) is 0 Å². The van der Waals surface area contributed by atoms with Crippen LogP contribution >= 0.6 is 27.3 Å². The van der Waals surface area contributed by atoms with E-state index < -0.39 is 6.09 Å². The van der Waals surface area contributed by atoms with Crippen LogP contribution in [0.2, 0.25) is 0 Å². The first-order valence-electron chi connectivity index (χ1n) is 12.6. The van der Waals surface area contributed by atoms with Crippen LogP contribution in [0, 0.1) is 6.92 Å². The lowest BCUT2D eigenvalue weighted by molar-refractivity contribution is -0.117. The van der Waals surface area contributed by atoms with Crippen LogP contribution in [0.1, 0.15) is 48.0 Å². The molecular formula is C26H31BrN4O4S. The van der Waals surface area contributed by atoms with E-state index in [9.17, 15) is 14.4 Å². The summed E-state index contributed by atoms with van der Waals surface area (Å²) in [6, 6.07) is 9.04. The van der Waals surface area contributed by atoms with Gasteiger partial charge in [0.25, 0.3) is 5.91 Å². The number of ether oxygens (including phenoxy) is 1. The first kappa shape index (κ1) is 25.2. The zero-order valence-corrected chi connectivity index (χ0v) is 22.8. The molecule has 10 heteroatoms. The van der Waals surface area contributed by atoms with E-state index in [0.29, 0.717) is 17.2 Å². The average molecular weight is 576 g/mol. The van der Waals surface area contributed by atoms with Crippen molar-refractivity contribution in [2.24, 2.45) is 0 Å². The molecule has 0 radical (unpaired) electrons. The number of carbonyl (C=O) groups excluding carboxylic acids is 3. The van der Waals surface area contributed by atoms with E-state index in [4.69, 9.17) is 4.74 Å². The number of likely N-dealkylation sites (tertiary alicyclic amines) is 2. The van der Waals surface area contributed by atoms with E-state index in [-0.39, 0.29) is 30.3 Å². The topological polar surface area (TPSA) is 82.2 Å². The monoisotopic (exact) mass is 574 g/mol. The number of halogens is 1. The van der Waals surface area contributed by atoms with Crippen LogP contribution in [0.4, 0.5) is 10.5 Å². The van der Waals surface area contributed by atoms with Crippen molar-refractivity contribution in [1.82, 2.24) is 15.1 Å². The van der Waals surface area contributed by atoms with E-state index >= 15 is 0 Å².